The average molecular weight is 369 g/mol. The second-order valence-corrected chi connectivity index (χ2v) is 6.42. The van der Waals surface area contributed by atoms with E-state index in [0.717, 1.165) is 28.0 Å². The summed E-state index contributed by atoms with van der Waals surface area (Å²) in [6.07, 6.45) is 0. The predicted molar refractivity (Wildman–Crippen MR) is 102 cm³/mol. The monoisotopic (exact) mass is 368 g/mol. The number of hydrogen-bond acceptors (Lipinski definition) is 2. The fourth-order valence-corrected chi connectivity index (χ4v) is 2.99. The lowest BCUT2D eigenvalue weighted by Gasteiger charge is -2.11. The van der Waals surface area contributed by atoms with Gasteiger partial charge < -0.3 is 4.84 Å². The SMILES string of the molecule is Clc1ccc(COn2c(-c3ccccc3)nc3ccccc32)cc1Cl. The molecule has 4 aromatic rings. The topological polar surface area (TPSA) is 27.1 Å². The molecule has 124 valence electrons. The van der Waals surface area contributed by atoms with E-state index < -0.39 is 0 Å². The summed E-state index contributed by atoms with van der Waals surface area (Å²) in [6, 6.07) is 23.4. The van der Waals surface area contributed by atoms with Gasteiger partial charge in [-0.15, -0.1) is 0 Å². The third kappa shape index (κ3) is 3.21. The van der Waals surface area contributed by atoms with Crippen molar-refractivity contribution < 1.29 is 4.84 Å². The molecule has 0 saturated heterocycles. The zero-order valence-corrected chi connectivity index (χ0v) is 14.7. The molecule has 0 fully saturated rings. The van der Waals surface area contributed by atoms with Crippen LogP contribution in [0.15, 0.2) is 72.8 Å². The summed E-state index contributed by atoms with van der Waals surface area (Å²) >= 11 is 12.1. The summed E-state index contributed by atoms with van der Waals surface area (Å²) in [5.74, 6) is 0.766. The Morgan fingerprint density at radius 1 is 0.840 bits per heavy atom. The first-order valence-corrected chi connectivity index (χ1v) is 8.58. The van der Waals surface area contributed by atoms with Gasteiger partial charge in [-0.05, 0) is 29.8 Å². The number of imidazole rings is 1. The van der Waals surface area contributed by atoms with Gasteiger partial charge in [0.2, 0.25) is 0 Å². The van der Waals surface area contributed by atoms with E-state index in [2.05, 4.69) is 0 Å². The van der Waals surface area contributed by atoms with Gasteiger partial charge in [-0.2, -0.15) is 4.73 Å². The first-order valence-electron chi connectivity index (χ1n) is 7.82. The maximum absolute atomic E-state index is 6.09. The lowest BCUT2D eigenvalue weighted by molar-refractivity contribution is 0.110. The summed E-state index contributed by atoms with van der Waals surface area (Å²) in [5, 5.41) is 1.05. The highest BCUT2D eigenvalue weighted by Gasteiger charge is 2.13. The quantitative estimate of drug-likeness (QED) is 0.466. The Labute approximate surface area is 155 Å². The number of benzene rings is 3. The van der Waals surface area contributed by atoms with E-state index in [1.54, 1.807) is 10.8 Å². The van der Waals surface area contributed by atoms with Crippen molar-refractivity contribution in [2.24, 2.45) is 0 Å². The molecule has 4 rings (SSSR count). The minimum atomic E-state index is 0.358. The van der Waals surface area contributed by atoms with Crippen molar-refractivity contribution in [3.05, 3.63) is 88.4 Å². The van der Waals surface area contributed by atoms with Crippen molar-refractivity contribution in [1.29, 1.82) is 0 Å². The van der Waals surface area contributed by atoms with E-state index in [9.17, 15) is 0 Å². The van der Waals surface area contributed by atoms with Gasteiger partial charge in [0, 0.05) is 5.56 Å². The van der Waals surface area contributed by atoms with Crippen LogP contribution < -0.4 is 4.84 Å². The number of fused-ring (bicyclic) bond motifs is 1. The molecule has 0 bridgehead atoms. The molecule has 3 nitrogen and oxygen atoms in total. The summed E-state index contributed by atoms with van der Waals surface area (Å²) in [7, 11) is 0. The molecule has 0 saturated carbocycles. The van der Waals surface area contributed by atoms with E-state index in [4.69, 9.17) is 33.0 Å². The van der Waals surface area contributed by atoms with Crippen molar-refractivity contribution in [2.45, 2.75) is 6.61 Å². The highest BCUT2D eigenvalue weighted by molar-refractivity contribution is 6.42. The third-order valence-corrected chi connectivity index (χ3v) is 4.63. The molecule has 0 atom stereocenters. The Hall–Kier alpha value is -2.49. The number of aromatic nitrogens is 2. The van der Waals surface area contributed by atoms with Crippen LogP contribution in [-0.4, -0.2) is 9.71 Å². The van der Waals surface area contributed by atoms with Gasteiger partial charge in [-0.3, -0.25) is 0 Å². The number of hydrogen-bond donors (Lipinski definition) is 0. The molecule has 1 aromatic heterocycles. The standard InChI is InChI=1S/C20H14Cl2N2O/c21-16-11-10-14(12-17(16)22)13-25-24-19-9-5-4-8-18(19)23-20(24)15-6-2-1-3-7-15/h1-12H,13H2. The van der Waals surface area contributed by atoms with Crippen LogP contribution in [0.2, 0.25) is 10.0 Å². The van der Waals surface area contributed by atoms with Crippen LogP contribution in [0.5, 0.6) is 0 Å². The fraction of sp³-hybridized carbons (Fsp3) is 0.0500. The molecule has 0 aliphatic carbocycles. The van der Waals surface area contributed by atoms with Gasteiger partial charge in [-0.1, -0.05) is 71.7 Å². The first kappa shape index (κ1) is 16.0. The highest BCUT2D eigenvalue weighted by Crippen LogP contribution is 2.25. The third-order valence-electron chi connectivity index (χ3n) is 3.90. The van der Waals surface area contributed by atoms with Crippen molar-refractivity contribution in [2.75, 3.05) is 0 Å². The van der Waals surface area contributed by atoms with Crippen molar-refractivity contribution in [1.82, 2.24) is 9.71 Å². The second-order valence-electron chi connectivity index (χ2n) is 5.61. The van der Waals surface area contributed by atoms with Crippen LogP contribution in [0.25, 0.3) is 22.4 Å². The number of para-hydroxylation sites is 2. The molecular weight excluding hydrogens is 355 g/mol. The summed E-state index contributed by atoms with van der Waals surface area (Å²) in [4.78, 5) is 10.8. The lowest BCUT2D eigenvalue weighted by Crippen LogP contribution is -2.12. The van der Waals surface area contributed by atoms with Gasteiger partial charge in [0.05, 0.1) is 15.6 Å². The number of rotatable bonds is 4. The molecule has 1 heterocycles. The largest absolute Gasteiger partial charge is 0.407 e. The van der Waals surface area contributed by atoms with Crippen LogP contribution in [-0.2, 0) is 6.61 Å². The molecular formula is C20H14Cl2N2O. The maximum Gasteiger partial charge on any atom is 0.176 e. The molecule has 5 heteroatoms. The minimum Gasteiger partial charge on any atom is -0.407 e. The maximum atomic E-state index is 6.09. The van der Waals surface area contributed by atoms with Crippen LogP contribution in [0, 0.1) is 0 Å². The van der Waals surface area contributed by atoms with E-state index in [1.165, 1.54) is 0 Å². The highest BCUT2D eigenvalue weighted by atomic mass is 35.5. The van der Waals surface area contributed by atoms with Gasteiger partial charge in [0.1, 0.15) is 12.1 Å². The molecule has 3 aromatic carbocycles. The van der Waals surface area contributed by atoms with Gasteiger partial charge in [0.25, 0.3) is 0 Å². The van der Waals surface area contributed by atoms with Crippen molar-refractivity contribution in [3.8, 4) is 11.4 Å². The number of nitrogens with zero attached hydrogens (tertiary/aromatic N) is 2. The molecule has 0 spiro atoms. The molecule has 25 heavy (non-hydrogen) atoms. The molecule has 0 amide bonds. The average Bonchev–Trinajstić information content (AvgIpc) is 3.02. The summed E-state index contributed by atoms with van der Waals surface area (Å²) < 4.78 is 1.77. The van der Waals surface area contributed by atoms with Crippen molar-refractivity contribution >= 4 is 34.2 Å². The molecule has 0 aliphatic rings. The zero-order chi connectivity index (χ0) is 17.2. The van der Waals surface area contributed by atoms with Crippen LogP contribution >= 0.6 is 23.2 Å². The lowest BCUT2D eigenvalue weighted by atomic mass is 10.2. The number of halogens is 2. The van der Waals surface area contributed by atoms with Gasteiger partial charge >= 0.3 is 0 Å². The Kier molecular flexibility index (Phi) is 4.35. The molecule has 0 aliphatic heterocycles. The van der Waals surface area contributed by atoms with Crippen LogP contribution in [0.3, 0.4) is 0 Å². The fourth-order valence-electron chi connectivity index (χ4n) is 2.67. The second kappa shape index (κ2) is 6.79. The first-order chi connectivity index (χ1) is 12.2. The predicted octanol–water partition coefficient (Wildman–Crippen LogP) is 5.64. The van der Waals surface area contributed by atoms with Crippen LogP contribution in [0.4, 0.5) is 0 Å². The van der Waals surface area contributed by atoms with Gasteiger partial charge in [0.15, 0.2) is 5.82 Å². The van der Waals surface area contributed by atoms with Crippen LogP contribution in [0.1, 0.15) is 5.56 Å². The summed E-state index contributed by atoms with van der Waals surface area (Å²) in [6.45, 7) is 0.358. The smallest absolute Gasteiger partial charge is 0.176 e. The normalized spacial score (nSPS) is 11.0. The van der Waals surface area contributed by atoms with Gasteiger partial charge in [-0.25, -0.2) is 4.98 Å². The zero-order valence-electron chi connectivity index (χ0n) is 13.2. The van der Waals surface area contributed by atoms with E-state index in [-0.39, 0.29) is 0 Å². The summed E-state index contributed by atoms with van der Waals surface area (Å²) in [5.41, 5.74) is 3.73. The van der Waals surface area contributed by atoms with E-state index >= 15 is 0 Å². The molecule has 0 unspecified atom stereocenters. The molecule has 0 N–H and O–H groups in total. The van der Waals surface area contributed by atoms with Crippen molar-refractivity contribution in [3.63, 3.8) is 0 Å². The van der Waals surface area contributed by atoms with E-state index in [0.29, 0.717) is 16.7 Å². The Bertz CT molecular complexity index is 1030. The minimum absolute atomic E-state index is 0.358. The Morgan fingerprint density at radius 3 is 2.40 bits per heavy atom. The Morgan fingerprint density at radius 2 is 1.60 bits per heavy atom. The van der Waals surface area contributed by atoms with E-state index in [1.807, 2.05) is 66.7 Å². The Balaban J connectivity index is 1.73. The molecule has 0 radical (unpaired) electrons.